The van der Waals surface area contributed by atoms with Gasteiger partial charge in [-0.2, -0.15) is 0 Å². The predicted molar refractivity (Wildman–Crippen MR) is 68.0 cm³/mol. The predicted octanol–water partition coefficient (Wildman–Crippen LogP) is 1.14. The summed E-state index contributed by atoms with van der Waals surface area (Å²) in [4.78, 5) is 0. The van der Waals surface area contributed by atoms with Gasteiger partial charge in [0.2, 0.25) is 10.0 Å². The van der Waals surface area contributed by atoms with Crippen LogP contribution in [-0.2, 0) is 16.6 Å². The minimum absolute atomic E-state index is 0.0180. The third-order valence-corrected chi connectivity index (χ3v) is 4.51. The van der Waals surface area contributed by atoms with Crippen molar-refractivity contribution in [1.82, 2.24) is 10.0 Å². The van der Waals surface area contributed by atoms with Crippen LogP contribution in [0, 0.1) is 11.6 Å². The normalized spacial score (nSPS) is 19.8. The Hall–Kier alpha value is -1.05. The van der Waals surface area contributed by atoms with Crippen LogP contribution in [0.1, 0.15) is 18.4 Å². The quantitative estimate of drug-likeness (QED) is 0.855. The monoisotopic (exact) mass is 290 g/mol. The summed E-state index contributed by atoms with van der Waals surface area (Å²) >= 11 is 0. The summed E-state index contributed by atoms with van der Waals surface area (Å²) in [7, 11) is -3.46. The van der Waals surface area contributed by atoms with E-state index in [1.165, 1.54) is 6.07 Å². The molecule has 1 unspecified atom stereocenters. The molecule has 0 bridgehead atoms. The smallest absolute Gasteiger partial charge is 0.213 e. The lowest BCUT2D eigenvalue weighted by Gasteiger charge is -2.12. The van der Waals surface area contributed by atoms with Gasteiger partial charge >= 0.3 is 0 Å². The van der Waals surface area contributed by atoms with Gasteiger partial charge in [-0.05, 0) is 25.5 Å². The fourth-order valence-electron chi connectivity index (χ4n) is 2.08. The zero-order valence-electron chi connectivity index (χ0n) is 10.3. The molecule has 4 nitrogen and oxygen atoms in total. The fourth-order valence-corrected chi connectivity index (χ4v) is 3.38. The van der Waals surface area contributed by atoms with Crippen molar-refractivity contribution in [3.8, 4) is 0 Å². The van der Waals surface area contributed by atoms with E-state index in [-0.39, 0.29) is 23.9 Å². The number of rotatable bonds is 5. The summed E-state index contributed by atoms with van der Waals surface area (Å²) in [5.74, 6) is -1.45. The standard InChI is InChI=1S/C12H16F2N2O2S/c13-10-4-3-9(12(14)6-10)7-16-19(17,18)8-11-2-1-5-15-11/h3-4,6,11,15-16H,1-2,5,7-8H2. The van der Waals surface area contributed by atoms with Crippen molar-refractivity contribution in [3.63, 3.8) is 0 Å². The van der Waals surface area contributed by atoms with E-state index < -0.39 is 21.7 Å². The van der Waals surface area contributed by atoms with E-state index in [2.05, 4.69) is 10.0 Å². The summed E-state index contributed by atoms with van der Waals surface area (Å²) < 4.78 is 52.0. The molecule has 1 aliphatic heterocycles. The average molecular weight is 290 g/mol. The van der Waals surface area contributed by atoms with Crippen LogP contribution in [0.2, 0.25) is 0 Å². The van der Waals surface area contributed by atoms with Crippen molar-refractivity contribution < 1.29 is 17.2 Å². The van der Waals surface area contributed by atoms with Gasteiger partial charge in [0.25, 0.3) is 0 Å². The van der Waals surface area contributed by atoms with Gasteiger partial charge in [-0.15, -0.1) is 0 Å². The molecule has 2 rings (SSSR count). The van der Waals surface area contributed by atoms with Gasteiger partial charge in [-0.25, -0.2) is 21.9 Å². The number of hydrogen-bond donors (Lipinski definition) is 2. The first-order valence-corrected chi connectivity index (χ1v) is 7.76. The minimum atomic E-state index is -3.46. The van der Waals surface area contributed by atoms with E-state index in [0.717, 1.165) is 31.5 Å². The van der Waals surface area contributed by atoms with E-state index >= 15 is 0 Å². The van der Waals surface area contributed by atoms with Crippen LogP contribution in [0.4, 0.5) is 8.78 Å². The van der Waals surface area contributed by atoms with Gasteiger partial charge < -0.3 is 5.32 Å². The zero-order valence-corrected chi connectivity index (χ0v) is 11.1. The molecule has 0 radical (unpaired) electrons. The second kappa shape index (κ2) is 5.94. The number of nitrogens with one attached hydrogen (secondary N) is 2. The molecule has 1 aromatic carbocycles. The Kier molecular flexibility index (Phi) is 4.49. The van der Waals surface area contributed by atoms with E-state index in [4.69, 9.17) is 0 Å². The Morgan fingerprint density at radius 1 is 1.37 bits per heavy atom. The van der Waals surface area contributed by atoms with E-state index in [9.17, 15) is 17.2 Å². The Morgan fingerprint density at radius 2 is 2.16 bits per heavy atom. The van der Waals surface area contributed by atoms with Crippen molar-refractivity contribution in [2.45, 2.75) is 25.4 Å². The van der Waals surface area contributed by atoms with Crippen LogP contribution >= 0.6 is 0 Å². The summed E-state index contributed by atoms with van der Waals surface area (Å²) in [5, 5.41) is 3.09. The second-order valence-electron chi connectivity index (χ2n) is 4.63. The molecule has 0 aliphatic carbocycles. The molecule has 1 saturated heterocycles. The van der Waals surface area contributed by atoms with Crippen LogP contribution in [0.5, 0.6) is 0 Å². The lowest BCUT2D eigenvalue weighted by atomic mass is 10.2. The molecule has 1 atom stereocenters. The van der Waals surface area contributed by atoms with E-state index in [0.29, 0.717) is 0 Å². The lowest BCUT2D eigenvalue weighted by molar-refractivity contribution is 0.554. The van der Waals surface area contributed by atoms with Crippen molar-refractivity contribution in [2.24, 2.45) is 0 Å². The number of halogens is 2. The van der Waals surface area contributed by atoms with Crippen molar-refractivity contribution in [3.05, 3.63) is 35.4 Å². The Bertz CT molecular complexity index is 543. The number of benzene rings is 1. The number of sulfonamides is 1. The summed E-state index contributed by atoms with van der Waals surface area (Å²) in [6, 6.07) is 3.03. The maximum atomic E-state index is 13.3. The third kappa shape index (κ3) is 4.22. The highest BCUT2D eigenvalue weighted by Gasteiger charge is 2.21. The third-order valence-electron chi connectivity index (χ3n) is 3.08. The SMILES string of the molecule is O=S(=O)(CC1CCCN1)NCc1ccc(F)cc1F. The van der Waals surface area contributed by atoms with Crippen LogP contribution in [0.15, 0.2) is 18.2 Å². The molecule has 1 fully saturated rings. The van der Waals surface area contributed by atoms with E-state index in [1.807, 2.05) is 0 Å². The first-order chi connectivity index (χ1) is 8.96. The van der Waals surface area contributed by atoms with Crippen LogP contribution in [0.25, 0.3) is 0 Å². The van der Waals surface area contributed by atoms with E-state index in [1.54, 1.807) is 0 Å². The molecule has 0 spiro atoms. The van der Waals surface area contributed by atoms with Crippen LogP contribution in [0.3, 0.4) is 0 Å². The molecule has 1 aliphatic rings. The first kappa shape index (κ1) is 14.4. The highest BCUT2D eigenvalue weighted by molar-refractivity contribution is 7.89. The summed E-state index contributed by atoms with van der Waals surface area (Å²) in [6.45, 7) is 0.661. The molecule has 1 heterocycles. The van der Waals surface area contributed by atoms with Crippen LogP contribution < -0.4 is 10.0 Å². The molecule has 2 N–H and O–H groups in total. The second-order valence-corrected chi connectivity index (χ2v) is 6.48. The highest BCUT2D eigenvalue weighted by Crippen LogP contribution is 2.11. The molecule has 0 saturated carbocycles. The minimum Gasteiger partial charge on any atom is -0.313 e. The van der Waals surface area contributed by atoms with Crippen molar-refractivity contribution in [1.29, 1.82) is 0 Å². The van der Waals surface area contributed by atoms with Crippen molar-refractivity contribution in [2.75, 3.05) is 12.3 Å². The fraction of sp³-hybridized carbons (Fsp3) is 0.500. The molecular formula is C12H16F2N2O2S. The Labute approximate surface area is 111 Å². The Morgan fingerprint density at radius 3 is 2.79 bits per heavy atom. The van der Waals surface area contributed by atoms with Gasteiger partial charge in [0.1, 0.15) is 11.6 Å². The topological polar surface area (TPSA) is 58.2 Å². The molecule has 1 aromatic rings. The van der Waals surface area contributed by atoms with Gasteiger partial charge in [-0.3, -0.25) is 0 Å². The average Bonchev–Trinajstić information content (AvgIpc) is 2.80. The first-order valence-electron chi connectivity index (χ1n) is 6.11. The molecule has 0 amide bonds. The number of hydrogen-bond acceptors (Lipinski definition) is 3. The summed E-state index contributed by atoms with van der Waals surface area (Å²) in [6.07, 6.45) is 1.79. The van der Waals surface area contributed by atoms with Gasteiger partial charge in [0, 0.05) is 24.2 Å². The highest BCUT2D eigenvalue weighted by atomic mass is 32.2. The Balaban J connectivity index is 1.93. The lowest BCUT2D eigenvalue weighted by Crippen LogP contribution is -2.36. The largest absolute Gasteiger partial charge is 0.313 e. The molecule has 0 aromatic heterocycles. The van der Waals surface area contributed by atoms with Gasteiger partial charge in [-0.1, -0.05) is 6.07 Å². The van der Waals surface area contributed by atoms with Gasteiger partial charge in [0.05, 0.1) is 5.75 Å². The molecule has 106 valence electrons. The maximum Gasteiger partial charge on any atom is 0.213 e. The molecule has 7 heteroatoms. The summed E-state index contributed by atoms with van der Waals surface area (Å²) in [5.41, 5.74) is 0.129. The molecular weight excluding hydrogens is 274 g/mol. The maximum absolute atomic E-state index is 13.3. The molecule has 19 heavy (non-hydrogen) atoms. The van der Waals surface area contributed by atoms with Crippen molar-refractivity contribution >= 4 is 10.0 Å². The van der Waals surface area contributed by atoms with Crippen LogP contribution in [-0.4, -0.2) is 26.8 Å². The van der Waals surface area contributed by atoms with Gasteiger partial charge in [0.15, 0.2) is 0 Å². The zero-order chi connectivity index (χ0) is 13.9.